The maximum absolute atomic E-state index is 13.2. The third-order valence-corrected chi connectivity index (χ3v) is 3.79. The van der Waals surface area contributed by atoms with Gasteiger partial charge in [-0.25, -0.2) is 4.39 Å². The van der Waals surface area contributed by atoms with Crippen LogP contribution in [0.3, 0.4) is 0 Å². The molecule has 2 atom stereocenters. The summed E-state index contributed by atoms with van der Waals surface area (Å²) in [6.45, 7) is 1.89. The predicted molar refractivity (Wildman–Crippen MR) is 63.7 cm³/mol. The molecule has 1 aliphatic rings. The molecule has 0 spiro atoms. The van der Waals surface area contributed by atoms with Crippen molar-refractivity contribution in [1.82, 2.24) is 0 Å². The molecule has 0 aromatic heterocycles. The summed E-state index contributed by atoms with van der Waals surface area (Å²) >= 11 is 0. The average Bonchev–Trinajstić information content (AvgIpc) is 2.32. The van der Waals surface area contributed by atoms with E-state index < -0.39 is 17.3 Å². The van der Waals surface area contributed by atoms with Crippen LogP contribution >= 0.6 is 0 Å². The Morgan fingerprint density at radius 3 is 2.83 bits per heavy atom. The van der Waals surface area contributed by atoms with Gasteiger partial charge < -0.3 is 5.11 Å². The summed E-state index contributed by atoms with van der Waals surface area (Å²) in [5.74, 6) is -2.61. The largest absolute Gasteiger partial charge is 0.481 e. The van der Waals surface area contributed by atoms with Gasteiger partial charge in [0, 0.05) is 6.42 Å². The zero-order valence-electron chi connectivity index (χ0n) is 10.1. The Hall–Kier alpha value is -1.71. The van der Waals surface area contributed by atoms with Gasteiger partial charge in [-0.15, -0.1) is 0 Å². The number of rotatable bonds is 2. The van der Waals surface area contributed by atoms with Gasteiger partial charge in [0.2, 0.25) is 0 Å². The highest BCUT2D eigenvalue weighted by Crippen LogP contribution is 2.40. The van der Waals surface area contributed by atoms with Gasteiger partial charge in [0.25, 0.3) is 0 Å². The first-order chi connectivity index (χ1) is 8.42. The molecule has 1 aliphatic carbocycles. The van der Waals surface area contributed by atoms with Crippen LogP contribution in [0.5, 0.6) is 0 Å². The van der Waals surface area contributed by atoms with Gasteiger partial charge in [-0.05, 0) is 36.0 Å². The second-order valence-electron chi connectivity index (χ2n) is 5.13. The molecule has 18 heavy (non-hydrogen) atoms. The molecule has 0 radical (unpaired) electrons. The first kappa shape index (κ1) is 12.7. The molecule has 1 N–H and O–H groups in total. The number of hydrogen-bond acceptors (Lipinski definition) is 2. The molecule has 1 saturated carbocycles. The van der Waals surface area contributed by atoms with Gasteiger partial charge in [0.15, 0.2) is 0 Å². The topological polar surface area (TPSA) is 54.4 Å². The molecule has 1 fully saturated rings. The summed E-state index contributed by atoms with van der Waals surface area (Å²) in [6, 6.07) is 6.18. The van der Waals surface area contributed by atoms with Crippen molar-refractivity contribution in [3.8, 4) is 0 Å². The summed E-state index contributed by atoms with van der Waals surface area (Å²) in [7, 11) is 0. The third-order valence-electron chi connectivity index (χ3n) is 3.79. The maximum atomic E-state index is 13.2. The Morgan fingerprint density at radius 1 is 1.50 bits per heavy atom. The summed E-state index contributed by atoms with van der Waals surface area (Å²) in [5, 5.41) is 9.05. The van der Waals surface area contributed by atoms with Crippen molar-refractivity contribution < 1.29 is 19.1 Å². The second-order valence-corrected chi connectivity index (χ2v) is 5.13. The number of carboxylic acids is 1. The number of carbonyl (C=O) groups is 2. The first-order valence-electron chi connectivity index (χ1n) is 5.94. The van der Waals surface area contributed by atoms with E-state index in [4.69, 9.17) is 5.11 Å². The smallest absolute Gasteiger partial charge is 0.314 e. The van der Waals surface area contributed by atoms with E-state index in [1.54, 1.807) is 12.1 Å². The van der Waals surface area contributed by atoms with Crippen molar-refractivity contribution in [1.29, 1.82) is 0 Å². The number of hydrogen-bond donors (Lipinski definition) is 1. The monoisotopic (exact) mass is 250 g/mol. The van der Waals surface area contributed by atoms with E-state index in [1.807, 2.05) is 6.92 Å². The van der Waals surface area contributed by atoms with Crippen molar-refractivity contribution >= 4 is 11.8 Å². The van der Waals surface area contributed by atoms with E-state index in [0.717, 1.165) is 5.56 Å². The van der Waals surface area contributed by atoms with E-state index in [-0.39, 0.29) is 24.4 Å². The highest BCUT2D eigenvalue weighted by molar-refractivity contribution is 5.99. The fourth-order valence-corrected chi connectivity index (χ4v) is 2.59. The fourth-order valence-electron chi connectivity index (χ4n) is 2.59. The van der Waals surface area contributed by atoms with Gasteiger partial charge in [-0.1, -0.05) is 19.1 Å². The number of aliphatic carboxylic acids is 1. The lowest BCUT2D eigenvalue weighted by atomic mass is 9.66. The number of halogens is 1. The summed E-state index contributed by atoms with van der Waals surface area (Å²) in [5.41, 5.74) is 0.320. The zero-order chi connectivity index (χ0) is 13.3. The second kappa shape index (κ2) is 4.52. The third kappa shape index (κ3) is 2.28. The molecule has 4 heteroatoms. The Morgan fingerprint density at radius 2 is 2.22 bits per heavy atom. The lowest BCUT2D eigenvalue weighted by Gasteiger charge is -2.36. The standard InChI is InChI=1S/C14H15FO3/c1-14(9-3-2-4-10(15)7-9)6-5-12(16)11(8-14)13(17)18/h2-4,7,11H,5-6,8H2,1H3,(H,17,18). The molecule has 2 rings (SSSR count). The van der Waals surface area contributed by atoms with Crippen molar-refractivity contribution in [2.24, 2.45) is 5.92 Å². The zero-order valence-corrected chi connectivity index (χ0v) is 10.1. The highest BCUT2D eigenvalue weighted by Gasteiger charge is 2.41. The summed E-state index contributed by atoms with van der Waals surface area (Å²) in [6.07, 6.45) is 1.05. The normalized spacial score (nSPS) is 28.1. The van der Waals surface area contributed by atoms with Crippen molar-refractivity contribution in [3.05, 3.63) is 35.6 Å². The Labute approximate surface area is 105 Å². The number of benzene rings is 1. The number of Topliss-reactive ketones (excluding diaryl/α,β-unsaturated/α-hetero) is 1. The molecule has 1 aromatic rings. The minimum absolute atomic E-state index is 0.226. The molecule has 0 amide bonds. The van der Waals surface area contributed by atoms with Gasteiger partial charge >= 0.3 is 5.97 Å². The van der Waals surface area contributed by atoms with Crippen molar-refractivity contribution in [2.75, 3.05) is 0 Å². The van der Waals surface area contributed by atoms with Gasteiger partial charge in [-0.2, -0.15) is 0 Å². The number of carbonyl (C=O) groups excluding carboxylic acids is 1. The molecular weight excluding hydrogens is 235 g/mol. The van der Waals surface area contributed by atoms with E-state index in [2.05, 4.69) is 0 Å². The van der Waals surface area contributed by atoms with Crippen molar-refractivity contribution in [2.45, 2.75) is 31.6 Å². The van der Waals surface area contributed by atoms with Crippen molar-refractivity contribution in [3.63, 3.8) is 0 Å². The quantitative estimate of drug-likeness (QED) is 0.820. The van der Waals surface area contributed by atoms with E-state index in [9.17, 15) is 14.0 Å². The first-order valence-corrected chi connectivity index (χ1v) is 5.94. The van der Waals surface area contributed by atoms with Crippen LogP contribution < -0.4 is 0 Å². The lowest BCUT2D eigenvalue weighted by Crippen LogP contribution is -2.38. The molecule has 96 valence electrons. The van der Waals surface area contributed by atoms with Crippen LogP contribution in [0.2, 0.25) is 0 Å². The molecule has 3 nitrogen and oxygen atoms in total. The molecule has 0 aliphatic heterocycles. The van der Waals surface area contributed by atoms with E-state index in [0.29, 0.717) is 6.42 Å². The Bertz CT molecular complexity index is 498. The molecule has 1 aromatic carbocycles. The Balaban J connectivity index is 2.32. The van der Waals surface area contributed by atoms with Crippen LogP contribution in [0, 0.1) is 11.7 Å². The Kier molecular flexibility index (Phi) is 3.20. The molecule has 0 saturated heterocycles. The lowest BCUT2D eigenvalue weighted by molar-refractivity contribution is -0.148. The predicted octanol–water partition coefficient (Wildman–Crippen LogP) is 2.54. The van der Waals surface area contributed by atoms with Crippen LogP contribution in [-0.4, -0.2) is 16.9 Å². The van der Waals surface area contributed by atoms with Crippen LogP contribution in [0.4, 0.5) is 4.39 Å². The molecule has 0 bridgehead atoms. The minimum atomic E-state index is -1.08. The minimum Gasteiger partial charge on any atom is -0.481 e. The van der Waals surface area contributed by atoms with Crippen LogP contribution in [0.1, 0.15) is 31.7 Å². The molecular formula is C14H15FO3. The molecule has 0 heterocycles. The van der Waals surface area contributed by atoms with E-state index >= 15 is 0 Å². The summed E-state index contributed by atoms with van der Waals surface area (Å²) in [4.78, 5) is 22.6. The van der Waals surface area contributed by atoms with Crippen LogP contribution in [0.15, 0.2) is 24.3 Å². The van der Waals surface area contributed by atoms with E-state index in [1.165, 1.54) is 12.1 Å². The fraction of sp³-hybridized carbons (Fsp3) is 0.429. The van der Waals surface area contributed by atoms with Gasteiger partial charge in [0.1, 0.15) is 17.5 Å². The van der Waals surface area contributed by atoms with Gasteiger partial charge in [0.05, 0.1) is 0 Å². The van der Waals surface area contributed by atoms with Gasteiger partial charge in [-0.3, -0.25) is 9.59 Å². The molecule has 2 unspecified atom stereocenters. The maximum Gasteiger partial charge on any atom is 0.314 e. The van der Waals surface area contributed by atoms with Crippen LogP contribution in [0.25, 0.3) is 0 Å². The SMILES string of the molecule is CC1(c2cccc(F)c2)CCC(=O)C(C(=O)O)C1. The highest BCUT2D eigenvalue weighted by atomic mass is 19.1. The van der Waals surface area contributed by atoms with Crippen LogP contribution in [-0.2, 0) is 15.0 Å². The average molecular weight is 250 g/mol. The summed E-state index contributed by atoms with van der Waals surface area (Å²) < 4.78 is 13.2. The number of carboxylic acid groups (broad SMARTS) is 1. The number of ketones is 1.